The predicted octanol–water partition coefficient (Wildman–Crippen LogP) is 1.72. The number of hydrogen-bond acceptors (Lipinski definition) is 2. The van der Waals surface area contributed by atoms with Gasteiger partial charge < -0.3 is 10.6 Å². The molecule has 0 radical (unpaired) electrons. The number of carbonyl (C=O) groups is 1. The van der Waals surface area contributed by atoms with Crippen molar-refractivity contribution in [2.24, 2.45) is 5.92 Å². The van der Waals surface area contributed by atoms with Crippen LogP contribution >= 0.6 is 15.9 Å². The van der Waals surface area contributed by atoms with E-state index in [1.807, 2.05) is 24.3 Å². The van der Waals surface area contributed by atoms with E-state index < -0.39 is 0 Å². The molecule has 1 fully saturated rings. The van der Waals surface area contributed by atoms with Crippen LogP contribution in [-0.2, 0) is 11.2 Å². The van der Waals surface area contributed by atoms with Gasteiger partial charge in [-0.2, -0.15) is 0 Å². The SMILES string of the molecule is O=C(Cc1ccc(Br)cc1)NCC1CCNC1. The van der Waals surface area contributed by atoms with Gasteiger partial charge in [0, 0.05) is 11.0 Å². The van der Waals surface area contributed by atoms with Crippen LogP contribution in [-0.4, -0.2) is 25.5 Å². The van der Waals surface area contributed by atoms with Crippen molar-refractivity contribution in [2.75, 3.05) is 19.6 Å². The highest BCUT2D eigenvalue weighted by Gasteiger charge is 2.14. The second kappa shape index (κ2) is 6.17. The second-order valence-electron chi connectivity index (χ2n) is 4.47. The fourth-order valence-corrected chi connectivity index (χ4v) is 2.26. The van der Waals surface area contributed by atoms with E-state index in [0.29, 0.717) is 12.3 Å². The van der Waals surface area contributed by atoms with Crippen LogP contribution in [0.3, 0.4) is 0 Å². The highest BCUT2D eigenvalue weighted by atomic mass is 79.9. The maximum absolute atomic E-state index is 11.7. The zero-order valence-corrected chi connectivity index (χ0v) is 11.3. The number of amides is 1. The third kappa shape index (κ3) is 4.13. The minimum Gasteiger partial charge on any atom is -0.355 e. The number of halogens is 1. The lowest BCUT2D eigenvalue weighted by atomic mass is 10.1. The summed E-state index contributed by atoms with van der Waals surface area (Å²) >= 11 is 3.38. The molecule has 1 saturated heterocycles. The Bertz CT molecular complexity index is 372. The van der Waals surface area contributed by atoms with Gasteiger partial charge in [-0.05, 0) is 43.1 Å². The van der Waals surface area contributed by atoms with Gasteiger partial charge in [0.15, 0.2) is 0 Å². The summed E-state index contributed by atoms with van der Waals surface area (Å²) < 4.78 is 1.04. The standard InChI is InChI=1S/C13H17BrN2O/c14-12-3-1-10(2-4-12)7-13(17)16-9-11-5-6-15-8-11/h1-4,11,15H,5-9H2,(H,16,17). The van der Waals surface area contributed by atoms with E-state index in [0.717, 1.165) is 29.7 Å². The van der Waals surface area contributed by atoms with Gasteiger partial charge in [-0.3, -0.25) is 4.79 Å². The van der Waals surface area contributed by atoms with Crippen molar-refractivity contribution >= 4 is 21.8 Å². The highest BCUT2D eigenvalue weighted by Crippen LogP contribution is 2.11. The largest absolute Gasteiger partial charge is 0.355 e. The van der Waals surface area contributed by atoms with Gasteiger partial charge in [-0.15, -0.1) is 0 Å². The summed E-state index contributed by atoms with van der Waals surface area (Å²) in [4.78, 5) is 11.7. The summed E-state index contributed by atoms with van der Waals surface area (Å²) in [6.07, 6.45) is 1.63. The molecule has 1 aliphatic rings. The average molecular weight is 297 g/mol. The van der Waals surface area contributed by atoms with Gasteiger partial charge in [-0.1, -0.05) is 28.1 Å². The van der Waals surface area contributed by atoms with Crippen LogP contribution in [0.25, 0.3) is 0 Å². The molecule has 0 bridgehead atoms. The van der Waals surface area contributed by atoms with Crippen molar-refractivity contribution in [3.05, 3.63) is 34.3 Å². The molecular weight excluding hydrogens is 280 g/mol. The Labute approximate surface area is 110 Å². The molecule has 1 atom stereocenters. The molecule has 4 heteroatoms. The van der Waals surface area contributed by atoms with E-state index >= 15 is 0 Å². The quantitative estimate of drug-likeness (QED) is 0.888. The van der Waals surface area contributed by atoms with Crippen LogP contribution in [0.4, 0.5) is 0 Å². The third-order valence-electron chi connectivity index (χ3n) is 3.03. The molecule has 2 rings (SSSR count). The first-order chi connectivity index (χ1) is 8.24. The lowest BCUT2D eigenvalue weighted by molar-refractivity contribution is -0.120. The zero-order chi connectivity index (χ0) is 12.1. The minimum atomic E-state index is 0.110. The molecule has 3 nitrogen and oxygen atoms in total. The Morgan fingerprint density at radius 1 is 1.41 bits per heavy atom. The van der Waals surface area contributed by atoms with Gasteiger partial charge >= 0.3 is 0 Å². The molecule has 1 unspecified atom stereocenters. The maximum atomic E-state index is 11.7. The Kier molecular flexibility index (Phi) is 4.57. The molecule has 0 saturated carbocycles. The summed E-state index contributed by atoms with van der Waals surface area (Å²) in [7, 11) is 0. The first kappa shape index (κ1) is 12.6. The summed E-state index contributed by atoms with van der Waals surface area (Å²) in [5.74, 6) is 0.711. The van der Waals surface area contributed by atoms with E-state index in [2.05, 4.69) is 26.6 Å². The average Bonchev–Trinajstić information content (AvgIpc) is 2.83. The lowest BCUT2D eigenvalue weighted by Gasteiger charge is -2.10. The maximum Gasteiger partial charge on any atom is 0.224 e. The fourth-order valence-electron chi connectivity index (χ4n) is 2.00. The molecule has 2 N–H and O–H groups in total. The Morgan fingerprint density at radius 3 is 2.82 bits per heavy atom. The lowest BCUT2D eigenvalue weighted by Crippen LogP contribution is -2.31. The molecule has 92 valence electrons. The van der Waals surface area contributed by atoms with Gasteiger partial charge in [-0.25, -0.2) is 0 Å². The first-order valence-electron chi connectivity index (χ1n) is 5.96. The highest BCUT2D eigenvalue weighted by molar-refractivity contribution is 9.10. The molecule has 17 heavy (non-hydrogen) atoms. The van der Waals surface area contributed by atoms with Gasteiger partial charge in [0.25, 0.3) is 0 Å². The molecule has 1 aromatic carbocycles. The van der Waals surface area contributed by atoms with Gasteiger partial charge in [0.1, 0.15) is 0 Å². The molecule has 1 heterocycles. The summed E-state index contributed by atoms with van der Waals surface area (Å²) in [5.41, 5.74) is 1.05. The Morgan fingerprint density at radius 2 is 2.18 bits per heavy atom. The zero-order valence-electron chi connectivity index (χ0n) is 9.71. The summed E-state index contributed by atoms with van der Waals surface area (Å²) in [6, 6.07) is 7.87. The van der Waals surface area contributed by atoms with Crippen LogP contribution in [0.1, 0.15) is 12.0 Å². The minimum absolute atomic E-state index is 0.110. The van der Waals surface area contributed by atoms with Gasteiger partial charge in [0.2, 0.25) is 5.91 Å². The summed E-state index contributed by atoms with van der Waals surface area (Å²) in [6.45, 7) is 2.90. The number of rotatable bonds is 4. The van der Waals surface area contributed by atoms with Crippen LogP contribution in [0.2, 0.25) is 0 Å². The molecule has 0 aromatic heterocycles. The van der Waals surface area contributed by atoms with Crippen LogP contribution in [0, 0.1) is 5.92 Å². The number of carbonyl (C=O) groups excluding carboxylic acids is 1. The normalized spacial score (nSPS) is 19.2. The van der Waals surface area contributed by atoms with Crippen molar-refractivity contribution in [1.29, 1.82) is 0 Å². The van der Waals surface area contributed by atoms with Crippen LogP contribution in [0.5, 0.6) is 0 Å². The van der Waals surface area contributed by atoms with E-state index in [-0.39, 0.29) is 5.91 Å². The first-order valence-corrected chi connectivity index (χ1v) is 6.75. The predicted molar refractivity (Wildman–Crippen MR) is 71.8 cm³/mol. The number of nitrogens with one attached hydrogen (secondary N) is 2. The van der Waals surface area contributed by atoms with Crippen molar-refractivity contribution in [3.63, 3.8) is 0 Å². The molecule has 0 spiro atoms. The molecule has 0 aliphatic carbocycles. The van der Waals surface area contributed by atoms with Crippen molar-refractivity contribution in [1.82, 2.24) is 10.6 Å². The third-order valence-corrected chi connectivity index (χ3v) is 3.56. The molecular formula is C13H17BrN2O. The van der Waals surface area contributed by atoms with E-state index in [4.69, 9.17) is 0 Å². The van der Waals surface area contributed by atoms with Crippen molar-refractivity contribution < 1.29 is 4.79 Å². The second-order valence-corrected chi connectivity index (χ2v) is 5.38. The van der Waals surface area contributed by atoms with Gasteiger partial charge in [0.05, 0.1) is 6.42 Å². The number of hydrogen-bond donors (Lipinski definition) is 2. The van der Waals surface area contributed by atoms with Crippen LogP contribution in [0.15, 0.2) is 28.7 Å². The Balaban J connectivity index is 1.74. The van der Waals surface area contributed by atoms with Crippen molar-refractivity contribution in [3.8, 4) is 0 Å². The van der Waals surface area contributed by atoms with E-state index in [1.54, 1.807) is 0 Å². The fraction of sp³-hybridized carbons (Fsp3) is 0.462. The molecule has 1 aromatic rings. The monoisotopic (exact) mass is 296 g/mol. The Hall–Kier alpha value is -0.870. The van der Waals surface area contributed by atoms with E-state index in [1.165, 1.54) is 6.42 Å². The van der Waals surface area contributed by atoms with Crippen molar-refractivity contribution in [2.45, 2.75) is 12.8 Å². The molecule has 1 aliphatic heterocycles. The topological polar surface area (TPSA) is 41.1 Å². The van der Waals surface area contributed by atoms with Crippen LogP contribution < -0.4 is 10.6 Å². The number of benzene rings is 1. The molecule has 1 amide bonds. The van der Waals surface area contributed by atoms with E-state index in [9.17, 15) is 4.79 Å². The summed E-state index contributed by atoms with van der Waals surface area (Å²) in [5, 5.41) is 6.29. The smallest absolute Gasteiger partial charge is 0.224 e.